The van der Waals surface area contributed by atoms with E-state index in [0.717, 1.165) is 0 Å². The minimum absolute atomic E-state index is 0.0486. The van der Waals surface area contributed by atoms with Gasteiger partial charge in [0.25, 0.3) is 6.29 Å². The first-order valence-electron chi connectivity index (χ1n) is 7.30. The Labute approximate surface area is 134 Å². The number of carboxylic acids is 1. The number of carboxylic acid groups (broad SMARTS) is 1. The summed E-state index contributed by atoms with van der Waals surface area (Å²) in [5.41, 5.74) is -0.710. The molecule has 2 unspecified atom stereocenters. The molecular weight excluding hydrogens is 310 g/mol. The van der Waals surface area contributed by atoms with Gasteiger partial charge in [-0.1, -0.05) is 0 Å². The largest absolute Gasteiger partial charge is 0.569 e. The normalized spacial score (nSPS) is 20.6. The fourth-order valence-electron chi connectivity index (χ4n) is 1.90. The summed E-state index contributed by atoms with van der Waals surface area (Å²) in [6.07, 6.45) is -0.989. The second-order valence-corrected chi connectivity index (χ2v) is 6.18. The summed E-state index contributed by atoms with van der Waals surface area (Å²) in [6, 6.07) is 0. The maximum Gasteiger partial charge on any atom is 0.511 e. The van der Waals surface area contributed by atoms with Gasteiger partial charge in [-0.15, -0.1) is 5.01 Å². The van der Waals surface area contributed by atoms with Crippen molar-refractivity contribution in [2.75, 3.05) is 13.1 Å². The molecule has 0 radical (unpaired) electrons. The molecule has 1 aliphatic rings. The SMILES string of the molecule is CC(ON=[N+]([O-])N1CCCC(C(=O)O)C1)OC(=O)OC(C)(C)C. The Morgan fingerprint density at radius 1 is 1.43 bits per heavy atom. The van der Waals surface area contributed by atoms with E-state index in [4.69, 9.17) is 19.4 Å². The van der Waals surface area contributed by atoms with Crippen LogP contribution < -0.4 is 0 Å². The van der Waals surface area contributed by atoms with E-state index in [0.29, 0.717) is 19.4 Å². The molecule has 0 aromatic carbocycles. The van der Waals surface area contributed by atoms with Crippen molar-refractivity contribution >= 4 is 12.1 Å². The minimum atomic E-state index is -1.12. The molecule has 1 rings (SSSR count). The van der Waals surface area contributed by atoms with Gasteiger partial charge in [0.1, 0.15) is 5.60 Å². The average molecular weight is 333 g/mol. The Kier molecular flexibility index (Phi) is 6.40. The average Bonchev–Trinajstić information content (AvgIpc) is 2.42. The quantitative estimate of drug-likeness (QED) is 0.266. The molecule has 0 bridgehead atoms. The Bertz CT molecular complexity index is 461. The van der Waals surface area contributed by atoms with E-state index in [1.165, 1.54) is 11.9 Å². The second-order valence-electron chi connectivity index (χ2n) is 6.18. The molecule has 10 nitrogen and oxygen atoms in total. The van der Waals surface area contributed by atoms with E-state index in [1.807, 2.05) is 0 Å². The summed E-state index contributed by atoms with van der Waals surface area (Å²) in [4.78, 5) is 27.3. The van der Waals surface area contributed by atoms with Crippen molar-refractivity contribution in [3.05, 3.63) is 5.21 Å². The maximum atomic E-state index is 11.8. The van der Waals surface area contributed by atoms with Crippen molar-refractivity contribution in [1.82, 2.24) is 5.01 Å². The zero-order chi connectivity index (χ0) is 17.6. The van der Waals surface area contributed by atoms with Gasteiger partial charge in [-0.3, -0.25) is 9.63 Å². The van der Waals surface area contributed by atoms with Crippen LogP contribution in [0, 0.1) is 11.1 Å². The summed E-state index contributed by atoms with van der Waals surface area (Å²) in [5.74, 6) is -1.57. The minimum Gasteiger partial charge on any atom is -0.569 e. The van der Waals surface area contributed by atoms with Crippen molar-refractivity contribution in [2.45, 2.75) is 52.4 Å². The molecule has 1 N–H and O–H groups in total. The summed E-state index contributed by atoms with van der Waals surface area (Å²) in [7, 11) is 0. The molecule has 0 aromatic heterocycles. The van der Waals surface area contributed by atoms with Gasteiger partial charge in [0, 0.05) is 6.92 Å². The Balaban J connectivity index is 2.46. The summed E-state index contributed by atoms with van der Waals surface area (Å²) < 4.78 is 9.69. The standard InChI is InChI=1S/C13H23N3O7/c1-9(21-12(19)22-13(2,3)4)23-14-16(20)15-7-5-6-10(8-15)11(17)18/h9-10H,5-8H2,1-4H3,(H,17,18). The van der Waals surface area contributed by atoms with Crippen LogP contribution in [0.15, 0.2) is 5.28 Å². The first-order chi connectivity index (χ1) is 10.6. The Hall–Kier alpha value is -2.26. The molecule has 1 saturated heterocycles. The lowest BCUT2D eigenvalue weighted by molar-refractivity contribution is -0.715. The summed E-state index contributed by atoms with van der Waals surface area (Å²) in [5, 5.41) is 25.2. The van der Waals surface area contributed by atoms with Gasteiger partial charge in [-0.2, -0.15) is 0 Å². The molecule has 1 heterocycles. The number of nitrogens with zero attached hydrogens (tertiary/aromatic N) is 3. The zero-order valence-corrected chi connectivity index (χ0v) is 13.7. The molecule has 2 atom stereocenters. The highest BCUT2D eigenvalue weighted by atomic mass is 16.8. The number of rotatable bonds is 5. The van der Waals surface area contributed by atoms with Crippen molar-refractivity contribution in [1.29, 1.82) is 0 Å². The molecular formula is C13H23N3O7. The molecule has 23 heavy (non-hydrogen) atoms. The highest BCUT2D eigenvalue weighted by Crippen LogP contribution is 2.17. The highest BCUT2D eigenvalue weighted by Gasteiger charge is 2.30. The van der Waals surface area contributed by atoms with E-state index in [-0.39, 0.29) is 11.5 Å². The van der Waals surface area contributed by atoms with E-state index in [2.05, 4.69) is 5.28 Å². The highest BCUT2D eigenvalue weighted by molar-refractivity contribution is 5.70. The van der Waals surface area contributed by atoms with Crippen molar-refractivity contribution < 1.29 is 34.0 Å². The molecule has 132 valence electrons. The molecule has 0 amide bonds. The molecule has 0 spiro atoms. The van der Waals surface area contributed by atoms with Gasteiger partial charge in [-0.05, 0) is 33.6 Å². The van der Waals surface area contributed by atoms with Crippen LogP contribution in [0.5, 0.6) is 0 Å². The Morgan fingerprint density at radius 3 is 2.65 bits per heavy atom. The smallest absolute Gasteiger partial charge is 0.511 e. The summed E-state index contributed by atoms with van der Waals surface area (Å²) >= 11 is 0. The number of hydrazine groups is 1. The van der Waals surface area contributed by atoms with Crippen LogP contribution in [0.1, 0.15) is 40.5 Å². The summed E-state index contributed by atoms with van der Waals surface area (Å²) in [6.45, 7) is 6.84. The molecule has 1 fully saturated rings. The number of carbonyl (C=O) groups is 2. The van der Waals surface area contributed by atoms with Gasteiger partial charge in [0.15, 0.2) is 0 Å². The van der Waals surface area contributed by atoms with E-state index < -0.39 is 29.9 Å². The number of hydrogen-bond donors (Lipinski definition) is 1. The molecule has 0 aliphatic carbocycles. The predicted octanol–water partition coefficient (Wildman–Crippen LogP) is 1.89. The fourth-order valence-corrected chi connectivity index (χ4v) is 1.90. The predicted molar refractivity (Wildman–Crippen MR) is 75.9 cm³/mol. The number of aliphatic carboxylic acids is 1. The van der Waals surface area contributed by atoms with Crippen molar-refractivity contribution in [3.8, 4) is 0 Å². The first kappa shape index (κ1) is 18.8. The van der Waals surface area contributed by atoms with Crippen LogP contribution in [0.25, 0.3) is 0 Å². The van der Waals surface area contributed by atoms with Crippen LogP contribution in [0.3, 0.4) is 0 Å². The Morgan fingerprint density at radius 2 is 2.09 bits per heavy atom. The number of carbonyl (C=O) groups excluding carboxylic acids is 1. The number of piperidine rings is 1. The monoisotopic (exact) mass is 333 g/mol. The first-order valence-corrected chi connectivity index (χ1v) is 7.30. The molecule has 10 heteroatoms. The van der Waals surface area contributed by atoms with Crippen LogP contribution in [-0.2, 0) is 19.1 Å². The van der Waals surface area contributed by atoms with Crippen LogP contribution in [0.2, 0.25) is 0 Å². The van der Waals surface area contributed by atoms with Crippen LogP contribution in [0.4, 0.5) is 4.79 Å². The van der Waals surface area contributed by atoms with Gasteiger partial charge >= 0.3 is 12.1 Å². The topological polar surface area (TPSA) is 124 Å². The third kappa shape index (κ3) is 7.02. The van der Waals surface area contributed by atoms with Gasteiger partial charge < -0.3 is 19.8 Å². The van der Waals surface area contributed by atoms with Gasteiger partial charge in [0.05, 0.1) is 24.0 Å². The van der Waals surface area contributed by atoms with Crippen molar-refractivity contribution in [3.63, 3.8) is 0 Å². The lowest BCUT2D eigenvalue weighted by Gasteiger charge is -2.26. The molecule has 0 aromatic rings. The van der Waals surface area contributed by atoms with Crippen molar-refractivity contribution in [2.24, 2.45) is 11.2 Å². The third-order valence-corrected chi connectivity index (χ3v) is 2.91. The fraction of sp³-hybridized carbons (Fsp3) is 0.846. The number of ether oxygens (including phenoxy) is 2. The van der Waals surface area contributed by atoms with E-state index in [9.17, 15) is 14.8 Å². The third-order valence-electron chi connectivity index (χ3n) is 2.91. The van der Waals surface area contributed by atoms with Crippen LogP contribution in [-0.4, -0.2) is 52.2 Å². The second kappa shape index (κ2) is 7.84. The zero-order valence-electron chi connectivity index (χ0n) is 13.7. The van der Waals surface area contributed by atoms with E-state index in [1.54, 1.807) is 20.8 Å². The lowest BCUT2D eigenvalue weighted by atomic mass is 10.00. The van der Waals surface area contributed by atoms with Gasteiger partial charge in [-0.25, -0.2) is 4.79 Å². The van der Waals surface area contributed by atoms with E-state index >= 15 is 0 Å². The maximum absolute atomic E-state index is 11.8. The lowest BCUT2D eigenvalue weighted by Crippen LogP contribution is -2.42. The van der Waals surface area contributed by atoms with Crippen LogP contribution >= 0.6 is 0 Å². The number of hydrogen-bond acceptors (Lipinski definition) is 7. The molecule has 1 aliphatic heterocycles. The van der Waals surface area contributed by atoms with Gasteiger partial charge in [0.2, 0.25) is 5.28 Å². The molecule has 0 saturated carbocycles.